The molecule has 0 unspecified atom stereocenters. The van der Waals surface area contributed by atoms with Gasteiger partial charge in [0.05, 0.1) is 10.4 Å². The summed E-state index contributed by atoms with van der Waals surface area (Å²) in [5.74, 6) is 0.0553. The first-order valence-corrected chi connectivity index (χ1v) is 10.2. The average Bonchev–Trinajstić information content (AvgIpc) is 3.01. The topological polar surface area (TPSA) is 81.3 Å². The van der Waals surface area contributed by atoms with Crippen LogP contribution in [0.1, 0.15) is 40.0 Å². The van der Waals surface area contributed by atoms with Crippen LogP contribution in [-0.4, -0.2) is 19.0 Å². The summed E-state index contributed by atoms with van der Waals surface area (Å²) < 4.78 is 35.2. The fourth-order valence-corrected chi connectivity index (χ4v) is 6.29. The van der Waals surface area contributed by atoms with E-state index >= 15 is 0 Å². The van der Waals surface area contributed by atoms with Crippen molar-refractivity contribution in [3.63, 3.8) is 0 Å². The molecule has 0 aliphatic heterocycles. The molecule has 136 valence electrons. The van der Waals surface area contributed by atoms with E-state index in [1.54, 1.807) is 13.1 Å². The van der Waals surface area contributed by atoms with E-state index in [2.05, 4.69) is 25.5 Å². The van der Waals surface area contributed by atoms with Crippen LogP contribution in [0.25, 0.3) is 11.1 Å². The number of aromatic nitrogens is 1. The minimum Gasteiger partial charge on any atom is -0.408 e. The lowest BCUT2D eigenvalue weighted by atomic mass is 9.69. The molecule has 0 amide bonds. The second kappa shape index (κ2) is 4.98. The Kier molecular flexibility index (Phi) is 3.35. The van der Waals surface area contributed by atoms with Gasteiger partial charge < -0.3 is 4.42 Å². The van der Waals surface area contributed by atoms with Gasteiger partial charge in [-0.1, -0.05) is 20.8 Å². The van der Waals surface area contributed by atoms with Gasteiger partial charge in [0.15, 0.2) is 5.58 Å². The number of aryl methyl sites for hydroxylation is 1. The molecule has 0 radical (unpaired) electrons. The minimum absolute atomic E-state index is 0.0336. The first kappa shape index (κ1) is 16.8. The molecule has 2 saturated carbocycles. The Balaban J connectivity index is 1.68. The molecule has 0 saturated heterocycles. The summed E-state index contributed by atoms with van der Waals surface area (Å²) in [6.45, 7) is 6.71. The second-order valence-corrected chi connectivity index (χ2v) is 10.1. The third kappa shape index (κ3) is 2.18. The van der Waals surface area contributed by atoms with Crippen LogP contribution in [0.2, 0.25) is 0 Å². The van der Waals surface area contributed by atoms with Gasteiger partial charge in [0.25, 0.3) is 0 Å². The minimum atomic E-state index is -3.67. The molecule has 1 aromatic carbocycles. The average molecular weight is 364 g/mol. The Hall–Kier alpha value is -1.60. The fraction of sp³-hybridized carbons (Fsp3) is 0.611. The Morgan fingerprint density at radius 3 is 2.60 bits per heavy atom. The van der Waals surface area contributed by atoms with Crippen molar-refractivity contribution in [1.82, 2.24) is 9.29 Å². The van der Waals surface area contributed by atoms with Gasteiger partial charge in [-0.3, -0.25) is 4.57 Å². The number of hydrogen-bond acceptors (Lipinski definition) is 4. The predicted octanol–water partition coefficient (Wildman–Crippen LogP) is 2.62. The third-order valence-corrected chi connectivity index (χ3v) is 8.63. The van der Waals surface area contributed by atoms with Crippen LogP contribution in [-0.2, 0) is 17.1 Å². The van der Waals surface area contributed by atoms with Crippen molar-refractivity contribution in [2.45, 2.75) is 51.0 Å². The van der Waals surface area contributed by atoms with Crippen molar-refractivity contribution in [3.05, 3.63) is 28.7 Å². The molecule has 1 heterocycles. The smallest absolute Gasteiger partial charge is 0.408 e. The number of sulfonamides is 1. The highest BCUT2D eigenvalue weighted by atomic mass is 32.2. The molecule has 25 heavy (non-hydrogen) atoms. The van der Waals surface area contributed by atoms with E-state index in [1.807, 2.05) is 0 Å². The second-order valence-electron chi connectivity index (χ2n) is 8.34. The molecule has 1 aromatic heterocycles. The highest BCUT2D eigenvalue weighted by molar-refractivity contribution is 7.89. The van der Waals surface area contributed by atoms with Crippen molar-refractivity contribution < 1.29 is 12.8 Å². The first-order valence-electron chi connectivity index (χ1n) is 8.68. The van der Waals surface area contributed by atoms with Crippen molar-refractivity contribution in [3.8, 4) is 0 Å². The van der Waals surface area contributed by atoms with Gasteiger partial charge in [-0.25, -0.2) is 17.9 Å². The highest BCUT2D eigenvalue weighted by Gasteiger charge is 2.61. The zero-order valence-corrected chi connectivity index (χ0v) is 15.8. The van der Waals surface area contributed by atoms with Crippen molar-refractivity contribution in [2.75, 3.05) is 0 Å². The Labute approximate surface area is 147 Å². The normalized spacial score (nSPS) is 31.0. The summed E-state index contributed by atoms with van der Waals surface area (Å²) in [6, 6.07) is 4.51. The number of benzene rings is 1. The zero-order valence-electron chi connectivity index (χ0n) is 15.0. The van der Waals surface area contributed by atoms with Crippen LogP contribution in [0, 0.1) is 16.7 Å². The summed E-state index contributed by atoms with van der Waals surface area (Å²) in [5.41, 5.74) is 0.969. The number of nitrogens with zero attached hydrogens (tertiary/aromatic N) is 1. The molecule has 2 aliphatic rings. The van der Waals surface area contributed by atoms with Gasteiger partial charge in [-0.05, 0) is 48.1 Å². The molecule has 3 atom stereocenters. The van der Waals surface area contributed by atoms with Crippen molar-refractivity contribution in [2.24, 2.45) is 23.8 Å². The monoisotopic (exact) mass is 364 g/mol. The van der Waals surface area contributed by atoms with E-state index in [0.29, 0.717) is 11.4 Å². The van der Waals surface area contributed by atoms with Gasteiger partial charge in [-0.2, -0.15) is 0 Å². The molecule has 4 rings (SSSR count). The van der Waals surface area contributed by atoms with Crippen LogP contribution < -0.4 is 10.5 Å². The van der Waals surface area contributed by atoms with Gasteiger partial charge in [0.2, 0.25) is 10.0 Å². The summed E-state index contributed by atoms with van der Waals surface area (Å²) in [5, 5.41) is 0. The predicted molar refractivity (Wildman–Crippen MR) is 94.8 cm³/mol. The Morgan fingerprint density at radius 1 is 1.28 bits per heavy atom. The van der Waals surface area contributed by atoms with Crippen LogP contribution in [0.5, 0.6) is 0 Å². The van der Waals surface area contributed by atoms with Crippen molar-refractivity contribution >= 4 is 21.1 Å². The van der Waals surface area contributed by atoms with E-state index in [9.17, 15) is 13.2 Å². The molecular weight excluding hydrogens is 340 g/mol. The first-order chi connectivity index (χ1) is 11.6. The number of nitrogens with one attached hydrogen (secondary N) is 1. The third-order valence-electron chi connectivity index (χ3n) is 7.17. The number of hydrogen-bond donors (Lipinski definition) is 1. The van der Waals surface area contributed by atoms with Crippen molar-refractivity contribution in [1.29, 1.82) is 0 Å². The summed E-state index contributed by atoms with van der Waals surface area (Å²) in [7, 11) is -2.07. The van der Waals surface area contributed by atoms with E-state index in [-0.39, 0.29) is 27.4 Å². The Morgan fingerprint density at radius 2 is 2.00 bits per heavy atom. The molecule has 2 fully saturated rings. The van der Waals surface area contributed by atoms with Crippen LogP contribution in [0.3, 0.4) is 0 Å². The molecule has 2 aromatic rings. The maximum Gasteiger partial charge on any atom is 0.419 e. The number of oxazole rings is 1. The van der Waals surface area contributed by atoms with E-state index in [1.165, 1.54) is 23.1 Å². The van der Waals surface area contributed by atoms with Crippen LogP contribution in [0.4, 0.5) is 0 Å². The van der Waals surface area contributed by atoms with Gasteiger partial charge in [-0.15, -0.1) is 0 Å². The lowest BCUT2D eigenvalue weighted by Gasteiger charge is -2.39. The largest absolute Gasteiger partial charge is 0.419 e. The molecule has 2 bridgehead atoms. The summed E-state index contributed by atoms with van der Waals surface area (Å²) in [6.07, 6.45) is 3.10. The fourth-order valence-electron chi connectivity index (χ4n) is 4.92. The quantitative estimate of drug-likeness (QED) is 0.908. The SMILES string of the molecule is Cn1c(=O)oc2cc(S(=O)(=O)N[C@@H]3C[C@H]4CC[C@@]3(C)C4(C)C)ccc21. The maximum atomic E-state index is 12.9. The molecule has 7 heteroatoms. The maximum absolute atomic E-state index is 12.9. The number of fused-ring (bicyclic) bond motifs is 3. The standard InChI is InChI=1S/C18H24N2O4S/c1-17(2)11-7-8-18(17,3)15(9-11)19-25(22,23)12-5-6-13-14(10-12)24-16(21)20(13)4/h5-6,10-11,15,19H,7-9H2,1-4H3/t11-,15-,18-/m1/s1. The summed E-state index contributed by atoms with van der Waals surface area (Å²) >= 11 is 0. The van der Waals surface area contributed by atoms with Crippen LogP contribution >= 0.6 is 0 Å². The molecular formula is C18H24N2O4S. The van der Waals surface area contributed by atoms with Gasteiger partial charge in [0, 0.05) is 19.2 Å². The highest BCUT2D eigenvalue weighted by Crippen LogP contribution is 2.65. The van der Waals surface area contributed by atoms with E-state index < -0.39 is 15.8 Å². The molecule has 0 spiro atoms. The lowest BCUT2D eigenvalue weighted by molar-refractivity contribution is 0.130. The molecule has 2 aliphatic carbocycles. The Bertz CT molecular complexity index is 1020. The van der Waals surface area contributed by atoms with Crippen LogP contribution in [0.15, 0.2) is 32.3 Å². The lowest BCUT2D eigenvalue weighted by Crippen LogP contribution is -2.46. The zero-order chi connectivity index (χ0) is 18.2. The molecule has 6 nitrogen and oxygen atoms in total. The summed E-state index contributed by atoms with van der Waals surface area (Å²) in [4.78, 5) is 11.7. The van der Waals surface area contributed by atoms with Gasteiger partial charge >= 0.3 is 5.76 Å². The number of rotatable bonds is 3. The van der Waals surface area contributed by atoms with E-state index in [0.717, 1.165) is 12.8 Å². The van der Waals surface area contributed by atoms with Gasteiger partial charge in [0.1, 0.15) is 0 Å². The van der Waals surface area contributed by atoms with E-state index in [4.69, 9.17) is 4.42 Å². The molecule has 1 N–H and O–H groups in total.